The molecule has 23 heteroatoms. The van der Waals surface area contributed by atoms with Gasteiger partial charge in [0, 0.05) is 56.4 Å². The predicted octanol–water partition coefficient (Wildman–Crippen LogP) is -2.16. The lowest BCUT2D eigenvalue weighted by atomic mass is 10.0. The van der Waals surface area contributed by atoms with Crippen molar-refractivity contribution in [3.63, 3.8) is 0 Å². The van der Waals surface area contributed by atoms with Crippen molar-refractivity contribution in [2.75, 3.05) is 95.6 Å². The van der Waals surface area contributed by atoms with Gasteiger partial charge in [-0.2, -0.15) is 0 Å². The van der Waals surface area contributed by atoms with Crippen molar-refractivity contribution < 1.29 is 57.8 Å². The molecule has 0 saturated carbocycles. The Hall–Kier alpha value is -5.87. The Labute approximate surface area is 402 Å². The molecule has 0 heterocycles. The van der Waals surface area contributed by atoms with E-state index >= 15 is 0 Å². The van der Waals surface area contributed by atoms with Crippen LogP contribution in [0.3, 0.4) is 0 Å². The van der Waals surface area contributed by atoms with Gasteiger partial charge in [-0.05, 0) is 38.0 Å². The molecule has 5 unspecified atom stereocenters. The molecule has 68 heavy (non-hydrogen) atoms. The first kappa shape index (κ1) is 62.1. The number of rotatable bonds is 29. The van der Waals surface area contributed by atoms with E-state index in [9.17, 15) is 57.8 Å². The predicted molar refractivity (Wildman–Crippen MR) is 253 cm³/mol. The number of carbonyl (C=O) groups is 11. The summed E-state index contributed by atoms with van der Waals surface area (Å²) in [7, 11) is 11.5. The van der Waals surface area contributed by atoms with Gasteiger partial charge >= 0.3 is 0 Å². The van der Waals surface area contributed by atoms with E-state index in [1.807, 2.05) is 20.8 Å². The molecule has 0 aliphatic heterocycles. The van der Waals surface area contributed by atoms with Gasteiger partial charge in [0.05, 0.1) is 51.8 Å². The summed E-state index contributed by atoms with van der Waals surface area (Å²) < 4.78 is 0. The molecular weight excluding hydrogens is 887 g/mol. The largest absolute Gasteiger partial charge is 0.393 e. The van der Waals surface area contributed by atoms with Crippen molar-refractivity contribution in [1.82, 2.24) is 55.6 Å². The monoisotopic (exact) mass is 968 g/mol. The summed E-state index contributed by atoms with van der Waals surface area (Å²) >= 11 is 0. The summed E-state index contributed by atoms with van der Waals surface area (Å²) in [5.41, 5.74) is 0. The minimum atomic E-state index is -1.12. The van der Waals surface area contributed by atoms with Crippen molar-refractivity contribution >= 4 is 65.0 Å². The third-order valence-electron chi connectivity index (χ3n) is 11.1. The molecule has 0 radical (unpaired) electrons. The van der Waals surface area contributed by atoms with Gasteiger partial charge in [0.15, 0.2) is 0 Å². The molecule has 0 saturated heterocycles. The fourth-order valence-corrected chi connectivity index (χ4v) is 6.83. The Kier molecular flexibility index (Phi) is 27.9. The van der Waals surface area contributed by atoms with Crippen LogP contribution in [0.4, 0.5) is 0 Å². The molecule has 5 N–H and O–H groups in total. The van der Waals surface area contributed by atoms with Crippen LogP contribution in [0.15, 0.2) is 0 Å². The normalized spacial score (nSPS) is 13.1. The number of hydrogen-bond donors (Lipinski definition) is 5. The maximum atomic E-state index is 13.3. The summed E-state index contributed by atoms with van der Waals surface area (Å²) in [5.74, 6) is -6.58. The van der Waals surface area contributed by atoms with Gasteiger partial charge < -0.3 is 60.7 Å². The fourth-order valence-electron chi connectivity index (χ4n) is 6.83. The first-order valence-corrected chi connectivity index (χ1v) is 23.0. The second-order valence-electron chi connectivity index (χ2n) is 18.3. The molecule has 23 nitrogen and oxygen atoms in total. The Morgan fingerprint density at radius 3 is 1.57 bits per heavy atom. The lowest BCUT2D eigenvalue weighted by molar-refractivity contribution is -0.147. The summed E-state index contributed by atoms with van der Waals surface area (Å²) in [5, 5.41) is 20.0. The Morgan fingerprint density at radius 2 is 1.07 bits per heavy atom. The van der Waals surface area contributed by atoms with Crippen LogP contribution >= 0.6 is 0 Å². The van der Waals surface area contributed by atoms with E-state index in [1.54, 1.807) is 34.9 Å². The van der Waals surface area contributed by atoms with E-state index < -0.39 is 122 Å². The van der Waals surface area contributed by atoms with E-state index in [4.69, 9.17) is 0 Å². The highest BCUT2D eigenvalue weighted by Gasteiger charge is 2.33. The van der Waals surface area contributed by atoms with Crippen LogP contribution in [0.25, 0.3) is 0 Å². The quantitative estimate of drug-likeness (QED) is 0.0537. The summed E-state index contributed by atoms with van der Waals surface area (Å²) in [4.78, 5) is 150. The highest BCUT2D eigenvalue weighted by Crippen LogP contribution is 2.14. The van der Waals surface area contributed by atoms with E-state index in [1.165, 1.54) is 59.0 Å². The lowest BCUT2D eigenvalue weighted by Crippen LogP contribution is -2.54. The van der Waals surface area contributed by atoms with Gasteiger partial charge in [0.2, 0.25) is 65.0 Å². The van der Waals surface area contributed by atoms with Crippen molar-refractivity contribution in [2.24, 2.45) is 11.8 Å². The number of aliphatic hydroxyl groups is 1. The zero-order chi connectivity index (χ0) is 52.7. The van der Waals surface area contributed by atoms with Gasteiger partial charge in [-0.15, -0.1) is 0 Å². The smallest absolute Gasteiger partial charge is 0.245 e. The molecule has 388 valence electrons. The van der Waals surface area contributed by atoms with Crippen LogP contribution < -0.4 is 21.3 Å². The standard InChI is InChI=1S/C45H81N11O12/c1-16-18-19-31(57)21-34(58)49-32(17-2)44(67)54(13)26-38(62)51(10)24-36(60)46-23-37(61)55(14)33(20-28(3)4)42(65)47-22-35(59)48-30(7)43(66)53(12)25-39(63)52(11)27-40(64)56(15)41(29(5)6)45(68)50(8)9/h28-33,41,57H,16-27H2,1-15H3,(H,46,60)(H,47,65)(H,48,59)(H,49,58). The Morgan fingerprint density at radius 1 is 0.544 bits per heavy atom. The third-order valence-corrected chi connectivity index (χ3v) is 11.1. The Balaban J connectivity index is 5.21. The number of amides is 11. The third kappa shape index (κ3) is 21.8. The molecule has 0 aromatic carbocycles. The van der Waals surface area contributed by atoms with Gasteiger partial charge in [-0.1, -0.05) is 54.4 Å². The molecule has 0 aromatic rings. The van der Waals surface area contributed by atoms with Gasteiger partial charge in [0.1, 0.15) is 24.2 Å². The number of unbranched alkanes of at least 4 members (excludes halogenated alkanes) is 1. The Bertz CT molecular complexity index is 1760. The van der Waals surface area contributed by atoms with Crippen LogP contribution in [0, 0.1) is 11.8 Å². The minimum absolute atomic E-state index is 0.0837. The van der Waals surface area contributed by atoms with Crippen molar-refractivity contribution in [2.45, 2.75) is 117 Å². The molecule has 0 rings (SSSR count). The second-order valence-corrected chi connectivity index (χ2v) is 18.3. The lowest BCUT2D eigenvalue weighted by Gasteiger charge is -2.33. The van der Waals surface area contributed by atoms with E-state index in [0.29, 0.717) is 6.42 Å². The molecule has 11 amide bonds. The second kappa shape index (κ2) is 30.5. The highest BCUT2D eigenvalue weighted by molar-refractivity contribution is 5.96. The molecule has 0 fully saturated rings. The number of hydrogen-bond acceptors (Lipinski definition) is 12. The zero-order valence-corrected chi connectivity index (χ0v) is 43.1. The zero-order valence-electron chi connectivity index (χ0n) is 43.1. The van der Waals surface area contributed by atoms with Crippen LogP contribution in [0.2, 0.25) is 0 Å². The summed E-state index contributed by atoms with van der Waals surface area (Å²) in [6.07, 6.45) is 1.52. The first-order chi connectivity index (χ1) is 31.5. The van der Waals surface area contributed by atoms with Crippen LogP contribution in [0.5, 0.6) is 0 Å². The number of carbonyl (C=O) groups excluding carboxylic acids is 11. The van der Waals surface area contributed by atoms with Gasteiger partial charge in [0.25, 0.3) is 0 Å². The minimum Gasteiger partial charge on any atom is -0.393 e. The van der Waals surface area contributed by atoms with Crippen molar-refractivity contribution in [3.8, 4) is 0 Å². The molecule has 0 bridgehead atoms. The molecule has 0 aliphatic rings. The van der Waals surface area contributed by atoms with Gasteiger partial charge in [-0.3, -0.25) is 52.7 Å². The van der Waals surface area contributed by atoms with Crippen LogP contribution in [-0.4, -0.2) is 230 Å². The van der Waals surface area contributed by atoms with E-state index in [-0.39, 0.29) is 43.6 Å². The number of aliphatic hydroxyl groups excluding tert-OH is 1. The highest BCUT2D eigenvalue weighted by atomic mass is 16.3. The molecule has 0 aliphatic carbocycles. The van der Waals surface area contributed by atoms with Gasteiger partial charge in [-0.25, -0.2) is 0 Å². The average molecular weight is 968 g/mol. The maximum absolute atomic E-state index is 13.3. The first-order valence-electron chi connectivity index (χ1n) is 23.0. The van der Waals surface area contributed by atoms with Crippen LogP contribution in [-0.2, 0) is 52.7 Å². The summed E-state index contributed by atoms with van der Waals surface area (Å²) in [6.45, 7) is 9.59. The molecule has 5 atom stereocenters. The number of likely N-dealkylation sites (N-methyl/N-ethyl adjacent to an activating group) is 7. The SMILES string of the molecule is CCCCC(O)CC(=O)NC(CC)C(=O)N(C)CC(=O)N(C)CC(=O)NCC(=O)N(C)C(CC(C)C)C(=O)NCC(=O)NC(C)C(=O)N(C)CC(=O)N(C)CC(=O)N(C)C(C(=O)N(C)C)C(C)C. The molecule has 0 spiro atoms. The van der Waals surface area contributed by atoms with Crippen LogP contribution in [0.1, 0.15) is 87.0 Å². The molecular formula is C45H81N11O12. The van der Waals surface area contributed by atoms with Crippen molar-refractivity contribution in [1.29, 1.82) is 0 Å². The average Bonchev–Trinajstić information content (AvgIpc) is 3.26. The number of nitrogens with one attached hydrogen (secondary N) is 4. The topological polar surface area (TPSA) is 279 Å². The fraction of sp³-hybridized carbons (Fsp3) is 0.756. The van der Waals surface area contributed by atoms with E-state index in [2.05, 4.69) is 21.3 Å². The number of nitrogens with zero attached hydrogens (tertiary/aromatic N) is 7. The maximum Gasteiger partial charge on any atom is 0.245 e. The summed E-state index contributed by atoms with van der Waals surface area (Å²) in [6, 6.07) is -3.84. The van der Waals surface area contributed by atoms with Crippen molar-refractivity contribution in [3.05, 3.63) is 0 Å². The van der Waals surface area contributed by atoms with E-state index in [0.717, 1.165) is 37.3 Å². The molecule has 0 aromatic heterocycles.